The van der Waals surface area contributed by atoms with E-state index in [0.717, 1.165) is 13.0 Å². The average Bonchev–Trinajstić information content (AvgIpc) is 2.46. The maximum Gasteiger partial charge on any atom is 0.0224 e. The van der Waals surface area contributed by atoms with Gasteiger partial charge in [-0.1, -0.05) is 20.8 Å². The van der Waals surface area contributed by atoms with Crippen LogP contribution in [-0.2, 0) is 13.0 Å². The fraction of sp³-hybridized carbons (Fsp3) is 0.692. The van der Waals surface area contributed by atoms with Crippen LogP contribution in [0.1, 0.15) is 39.7 Å². The molecule has 0 bridgehead atoms. The molecular weight excluding hydrogens is 184 g/mol. The topological polar surface area (TPSA) is 30.9 Å². The van der Waals surface area contributed by atoms with Crippen molar-refractivity contribution in [3.63, 3.8) is 0 Å². The largest absolute Gasteiger partial charge is 0.354 e. The van der Waals surface area contributed by atoms with Crippen molar-refractivity contribution in [1.82, 2.24) is 4.57 Å². The van der Waals surface area contributed by atoms with Crippen LogP contribution in [0, 0.1) is 5.41 Å². The summed E-state index contributed by atoms with van der Waals surface area (Å²) in [6.45, 7) is 9.98. The van der Waals surface area contributed by atoms with E-state index in [4.69, 9.17) is 5.73 Å². The number of hydrogen-bond donors (Lipinski definition) is 1. The fourth-order valence-electron chi connectivity index (χ4n) is 1.59. The third-order valence-electron chi connectivity index (χ3n) is 2.49. The molecule has 2 nitrogen and oxygen atoms in total. The highest BCUT2D eigenvalue weighted by molar-refractivity contribution is 5.11. The average molecular weight is 208 g/mol. The lowest BCUT2D eigenvalue weighted by Gasteiger charge is -2.18. The minimum Gasteiger partial charge on any atom is -0.354 e. The Morgan fingerprint density at radius 1 is 1.40 bits per heavy atom. The van der Waals surface area contributed by atoms with Crippen LogP contribution < -0.4 is 5.73 Å². The van der Waals surface area contributed by atoms with Crippen molar-refractivity contribution in [3.8, 4) is 0 Å². The second-order valence-corrected chi connectivity index (χ2v) is 5.75. The van der Waals surface area contributed by atoms with E-state index in [1.165, 1.54) is 12.0 Å². The first-order valence-corrected chi connectivity index (χ1v) is 5.77. The van der Waals surface area contributed by atoms with Gasteiger partial charge in [0.15, 0.2) is 0 Å². The summed E-state index contributed by atoms with van der Waals surface area (Å²) in [7, 11) is 0. The molecule has 0 aliphatic rings. The van der Waals surface area contributed by atoms with E-state index in [0.29, 0.717) is 5.41 Å². The van der Waals surface area contributed by atoms with Crippen LogP contribution in [0.25, 0.3) is 0 Å². The van der Waals surface area contributed by atoms with Gasteiger partial charge in [0.25, 0.3) is 0 Å². The number of aryl methyl sites for hydroxylation is 1. The molecule has 0 amide bonds. The van der Waals surface area contributed by atoms with E-state index in [1.807, 2.05) is 6.92 Å². The molecule has 1 aromatic rings. The molecule has 0 fully saturated rings. The Hall–Kier alpha value is -0.760. The molecule has 0 aliphatic carbocycles. The zero-order valence-corrected chi connectivity index (χ0v) is 10.5. The van der Waals surface area contributed by atoms with E-state index < -0.39 is 0 Å². The van der Waals surface area contributed by atoms with Gasteiger partial charge in [-0.3, -0.25) is 0 Å². The van der Waals surface area contributed by atoms with Crippen LogP contribution in [0.3, 0.4) is 0 Å². The summed E-state index contributed by atoms with van der Waals surface area (Å²) >= 11 is 0. The molecule has 0 saturated carbocycles. The molecule has 2 N–H and O–H groups in total. The minimum atomic E-state index is 0.253. The van der Waals surface area contributed by atoms with Crippen LogP contribution in [0.5, 0.6) is 0 Å². The summed E-state index contributed by atoms with van der Waals surface area (Å²) in [6, 6.07) is 2.43. The molecule has 1 heterocycles. The molecule has 2 heteroatoms. The van der Waals surface area contributed by atoms with E-state index >= 15 is 0 Å². The zero-order chi connectivity index (χ0) is 11.5. The molecule has 86 valence electrons. The van der Waals surface area contributed by atoms with Gasteiger partial charge in [-0.25, -0.2) is 0 Å². The van der Waals surface area contributed by atoms with Gasteiger partial charge in [-0.2, -0.15) is 0 Å². The highest BCUT2D eigenvalue weighted by Gasteiger charge is 2.09. The zero-order valence-electron chi connectivity index (χ0n) is 10.5. The van der Waals surface area contributed by atoms with E-state index in [2.05, 4.69) is 43.8 Å². The van der Waals surface area contributed by atoms with Gasteiger partial charge in [0, 0.05) is 25.0 Å². The molecule has 1 aromatic heterocycles. The number of nitrogens with two attached hydrogens (primary N) is 1. The summed E-state index contributed by atoms with van der Waals surface area (Å²) in [4.78, 5) is 0. The Bertz CT molecular complexity index is 292. The van der Waals surface area contributed by atoms with Gasteiger partial charge >= 0.3 is 0 Å². The van der Waals surface area contributed by atoms with Gasteiger partial charge in [-0.05, 0) is 36.8 Å². The van der Waals surface area contributed by atoms with Gasteiger partial charge in [0.05, 0.1) is 0 Å². The minimum absolute atomic E-state index is 0.253. The lowest BCUT2D eigenvalue weighted by atomic mass is 9.92. The van der Waals surface area contributed by atoms with Crippen molar-refractivity contribution in [1.29, 1.82) is 0 Å². The molecule has 1 atom stereocenters. The van der Waals surface area contributed by atoms with Crippen LogP contribution in [0.2, 0.25) is 0 Å². The fourth-order valence-corrected chi connectivity index (χ4v) is 1.59. The van der Waals surface area contributed by atoms with E-state index in [-0.39, 0.29) is 6.04 Å². The summed E-state index contributed by atoms with van der Waals surface area (Å²) < 4.78 is 2.27. The van der Waals surface area contributed by atoms with Crippen molar-refractivity contribution in [2.75, 3.05) is 0 Å². The van der Waals surface area contributed by atoms with Gasteiger partial charge in [-0.15, -0.1) is 0 Å². The Labute approximate surface area is 93.5 Å². The highest BCUT2D eigenvalue weighted by atomic mass is 14.9. The lowest BCUT2D eigenvalue weighted by molar-refractivity contribution is 0.350. The van der Waals surface area contributed by atoms with Crippen LogP contribution in [0.4, 0.5) is 0 Å². The van der Waals surface area contributed by atoms with Crippen molar-refractivity contribution in [2.24, 2.45) is 11.1 Å². The SMILES string of the molecule is CC(N)Cc1ccn(CCC(C)(C)C)c1. The molecule has 15 heavy (non-hydrogen) atoms. The monoisotopic (exact) mass is 208 g/mol. The second-order valence-electron chi connectivity index (χ2n) is 5.75. The molecule has 0 saturated heterocycles. The van der Waals surface area contributed by atoms with Gasteiger partial charge in [0.1, 0.15) is 0 Å². The lowest BCUT2D eigenvalue weighted by Crippen LogP contribution is -2.17. The Morgan fingerprint density at radius 3 is 2.60 bits per heavy atom. The summed E-state index contributed by atoms with van der Waals surface area (Å²) in [6.07, 6.45) is 6.56. The van der Waals surface area contributed by atoms with Crippen LogP contribution >= 0.6 is 0 Å². The van der Waals surface area contributed by atoms with Crippen LogP contribution in [-0.4, -0.2) is 10.6 Å². The second kappa shape index (κ2) is 4.84. The molecule has 1 unspecified atom stereocenters. The number of rotatable bonds is 4. The first kappa shape index (κ1) is 12.3. The Kier molecular flexibility index (Phi) is 3.97. The van der Waals surface area contributed by atoms with E-state index in [9.17, 15) is 0 Å². The predicted octanol–water partition coefficient (Wildman–Crippen LogP) is 2.81. The van der Waals surface area contributed by atoms with Crippen LogP contribution in [0.15, 0.2) is 18.5 Å². The van der Waals surface area contributed by atoms with Gasteiger partial charge < -0.3 is 10.3 Å². The van der Waals surface area contributed by atoms with E-state index in [1.54, 1.807) is 0 Å². The number of aromatic nitrogens is 1. The smallest absolute Gasteiger partial charge is 0.0224 e. The molecule has 0 spiro atoms. The standard InChI is InChI=1S/C13H24N2/c1-11(14)9-12-5-7-15(10-12)8-6-13(2,3)4/h5,7,10-11H,6,8-9,14H2,1-4H3. The van der Waals surface area contributed by atoms with Gasteiger partial charge in [0.2, 0.25) is 0 Å². The number of hydrogen-bond acceptors (Lipinski definition) is 1. The molecule has 0 aromatic carbocycles. The molecule has 1 rings (SSSR count). The maximum absolute atomic E-state index is 5.77. The van der Waals surface area contributed by atoms with Crippen molar-refractivity contribution in [3.05, 3.63) is 24.0 Å². The first-order valence-electron chi connectivity index (χ1n) is 5.77. The summed E-state index contributed by atoms with van der Waals surface area (Å²) in [5.41, 5.74) is 7.52. The predicted molar refractivity (Wildman–Crippen MR) is 65.9 cm³/mol. The third-order valence-corrected chi connectivity index (χ3v) is 2.49. The normalized spacial score (nSPS) is 14.2. The third kappa shape index (κ3) is 5.03. The Balaban J connectivity index is 2.46. The molecule has 0 radical (unpaired) electrons. The number of nitrogens with zero attached hydrogens (tertiary/aromatic N) is 1. The quantitative estimate of drug-likeness (QED) is 0.810. The molecule has 0 aliphatic heterocycles. The Morgan fingerprint density at radius 2 is 2.07 bits per heavy atom. The van der Waals surface area contributed by atoms with Crippen molar-refractivity contribution in [2.45, 2.75) is 53.1 Å². The summed E-state index contributed by atoms with van der Waals surface area (Å²) in [5, 5.41) is 0. The summed E-state index contributed by atoms with van der Waals surface area (Å²) in [5.74, 6) is 0. The maximum atomic E-state index is 5.77. The highest BCUT2D eigenvalue weighted by Crippen LogP contribution is 2.19. The van der Waals surface area contributed by atoms with Crippen molar-refractivity contribution >= 4 is 0 Å². The molecular formula is C13H24N2. The van der Waals surface area contributed by atoms with Crippen molar-refractivity contribution < 1.29 is 0 Å². The first-order chi connectivity index (χ1) is 6.87.